The van der Waals surface area contributed by atoms with Gasteiger partial charge < -0.3 is 30.1 Å². The second kappa shape index (κ2) is 20.6. The number of piperazine rings is 1. The molecule has 0 unspecified atom stereocenters. The van der Waals surface area contributed by atoms with Crippen LogP contribution in [0, 0.1) is 12.8 Å². The molecule has 62 heavy (non-hydrogen) atoms. The van der Waals surface area contributed by atoms with Crippen LogP contribution in [0.1, 0.15) is 79.2 Å². The van der Waals surface area contributed by atoms with Gasteiger partial charge >= 0.3 is 6.03 Å². The normalized spacial score (nSPS) is 21.0. The summed E-state index contributed by atoms with van der Waals surface area (Å²) >= 11 is 0. The summed E-state index contributed by atoms with van der Waals surface area (Å²) in [5.74, 6) is 2.35. The molecule has 7 rings (SSSR count). The fraction of sp³-hybridized carbons (Fsp3) is 0.500. The van der Waals surface area contributed by atoms with Crippen molar-refractivity contribution in [2.45, 2.75) is 80.6 Å². The highest BCUT2D eigenvalue weighted by Crippen LogP contribution is 2.32. The predicted octanol–water partition coefficient (Wildman–Crippen LogP) is 8.33. The summed E-state index contributed by atoms with van der Waals surface area (Å²) in [5, 5.41) is 9.54. The van der Waals surface area contributed by atoms with Gasteiger partial charge in [-0.15, -0.1) is 0 Å². The van der Waals surface area contributed by atoms with Gasteiger partial charge in [-0.3, -0.25) is 19.9 Å². The number of likely N-dealkylation sites (tertiary alicyclic amines) is 1. The lowest BCUT2D eigenvalue weighted by atomic mass is 9.93. The van der Waals surface area contributed by atoms with Gasteiger partial charge in [-0.2, -0.15) is 0 Å². The molecule has 12 heteroatoms. The summed E-state index contributed by atoms with van der Waals surface area (Å²) in [5.41, 5.74) is 13.0. The molecule has 2 aromatic rings. The lowest BCUT2D eigenvalue weighted by Gasteiger charge is -2.40. The number of imide groups is 1. The van der Waals surface area contributed by atoms with Gasteiger partial charge in [0.05, 0.1) is 5.70 Å². The second-order valence-electron chi connectivity index (χ2n) is 17.7. The summed E-state index contributed by atoms with van der Waals surface area (Å²) < 4.78 is 5.90. The first-order chi connectivity index (χ1) is 30.0. The van der Waals surface area contributed by atoms with Crippen LogP contribution in [-0.2, 0) is 9.53 Å². The van der Waals surface area contributed by atoms with Crippen LogP contribution in [0.25, 0.3) is 0 Å². The Hall–Kier alpha value is -5.49. The fourth-order valence-electron chi connectivity index (χ4n) is 9.44. The van der Waals surface area contributed by atoms with Crippen molar-refractivity contribution < 1.29 is 14.3 Å². The third-order valence-electron chi connectivity index (χ3n) is 13.0. The predicted molar refractivity (Wildman–Crippen MR) is 255 cm³/mol. The molecule has 2 aromatic carbocycles. The number of hydrogen-bond donors (Lipinski definition) is 3. The van der Waals surface area contributed by atoms with E-state index in [0.717, 1.165) is 113 Å². The molecule has 0 atom stereocenters. The zero-order valence-corrected chi connectivity index (χ0v) is 38.3. The molecule has 5 aliphatic rings. The fourth-order valence-corrected chi connectivity index (χ4v) is 9.44. The van der Waals surface area contributed by atoms with Gasteiger partial charge in [0.25, 0.3) is 0 Å². The van der Waals surface area contributed by atoms with Crippen molar-refractivity contribution in [1.29, 1.82) is 0 Å². The number of carbonyl (C=O) groups is 2. The van der Waals surface area contributed by atoms with E-state index >= 15 is 0 Å². The van der Waals surface area contributed by atoms with Gasteiger partial charge in [0.1, 0.15) is 18.2 Å². The number of benzene rings is 2. The van der Waals surface area contributed by atoms with Crippen molar-refractivity contribution in [2.24, 2.45) is 10.9 Å². The zero-order valence-electron chi connectivity index (χ0n) is 38.3. The quantitative estimate of drug-likeness (QED) is 0.117. The third-order valence-corrected chi connectivity index (χ3v) is 13.0. The number of piperidine rings is 2. The van der Waals surface area contributed by atoms with Crippen LogP contribution in [0.4, 0.5) is 27.5 Å². The van der Waals surface area contributed by atoms with E-state index in [-0.39, 0.29) is 11.9 Å². The number of anilines is 4. The van der Waals surface area contributed by atoms with Gasteiger partial charge in [0.2, 0.25) is 5.91 Å². The van der Waals surface area contributed by atoms with Gasteiger partial charge in [0.15, 0.2) is 0 Å². The van der Waals surface area contributed by atoms with Crippen molar-refractivity contribution in [2.75, 3.05) is 98.6 Å². The van der Waals surface area contributed by atoms with Crippen LogP contribution in [0.5, 0.6) is 0 Å². The van der Waals surface area contributed by atoms with Crippen molar-refractivity contribution >= 4 is 40.5 Å². The number of nitrogens with zero attached hydrogens (tertiary/aromatic N) is 6. The number of rotatable bonds is 11. The second-order valence-corrected chi connectivity index (χ2v) is 17.7. The molecule has 0 radical (unpaired) electrons. The van der Waals surface area contributed by atoms with Crippen LogP contribution < -0.4 is 30.7 Å². The number of aliphatic imine (C=N–C) groups is 1. The van der Waals surface area contributed by atoms with E-state index in [0.29, 0.717) is 25.5 Å². The van der Waals surface area contributed by atoms with Crippen LogP contribution in [-0.4, -0.2) is 106 Å². The number of nitrogens with one attached hydrogen (secondary N) is 3. The van der Waals surface area contributed by atoms with E-state index in [9.17, 15) is 9.59 Å². The van der Waals surface area contributed by atoms with E-state index in [1.54, 1.807) is 4.90 Å². The average molecular weight is 844 g/mol. The minimum absolute atomic E-state index is 0.207. The molecule has 4 fully saturated rings. The Morgan fingerprint density at radius 2 is 1.61 bits per heavy atom. The van der Waals surface area contributed by atoms with Crippen LogP contribution in [0.2, 0.25) is 0 Å². The number of hydrogen-bond acceptors (Lipinski definition) is 9. The molecule has 0 bridgehead atoms. The molecular weight excluding hydrogens is 775 g/mol. The Balaban J connectivity index is 0.867. The first-order valence-corrected chi connectivity index (χ1v) is 22.9. The summed E-state index contributed by atoms with van der Waals surface area (Å²) in [6.07, 6.45) is 11.3. The number of carbonyl (C=O) groups excluding carboxylic acids is 2. The number of urea groups is 1. The monoisotopic (exact) mass is 844 g/mol. The summed E-state index contributed by atoms with van der Waals surface area (Å²) in [6, 6.07) is 14.8. The first kappa shape index (κ1) is 44.6. The standard InChI is InChI=1S/C50H69N9O3/c1-8-9-10-47(37(5)49-38(6)62-30-21-51-49)58-24-19-41(45(34-58)35(2)3)32-52-39(7)53-42-11-13-43(14-12-42)56-22-17-40(18-23-56)33-55-26-28-57(29-27-55)44-15-16-46(36(4)31-44)59-25-20-48(60)54-50(59)61/h9-16,31-32,40,51H,8,17-30,33-34H2,1-7H3,(H,52,53)(H,54,60,61)/b10-9+,41-32-,47-37+. The molecular formula is C50H69N9O3. The first-order valence-electron chi connectivity index (χ1n) is 22.9. The lowest BCUT2D eigenvalue weighted by molar-refractivity contribution is -0.120. The van der Waals surface area contributed by atoms with Crippen LogP contribution in [0.15, 0.2) is 105 Å². The number of amidine groups is 1. The highest BCUT2D eigenvalue weighted by molar-refractivity contribution is 6.06. The van der Waals surface area contributed by atoms with Crippen LogP contribution >= 0.6 is 0 Å². The molecule has 3 N–H and O–H groups in total. The van der Waals surface area contributed by atoms with E-state index in [2.05, 4.69) is 125 Å². The van der Waals surface area contributed by atoms with E-state index < -0.39 is 0 Å². The molecule has 3 amide bonds. The van der Waals surface area contributed by atoms with Crippen molar-refractivity contribution in [3.05, 3.63) is 106 Å². The van der Waals surface area contributed by atoms with E-state index in [1.165, 1.54) is 52.2 Å². The molecule has 0 spiro atoms. The maximum absolute atomic E-state index is 12.4. The third kappa shape index (κ3) is 10.9. The van der Waals surface area contributed by atoms with Gasteiger partial charge in [0, 0.05) is 113 Å². The van der Waals surface area contributed by atoms with Crippen molar-refractivity contribution in [3.8, 4) is 0 Å². The zero-order chi connectivity index (χ0) is 43.8. The van der Waals surface area contributed by atoms with Crippen LogP contribution in [0.3, 0.4) is 0 Å². The smallest absolute Gasteiger partial charge is 0.328 e. The summed E-state index contributed by atoms with van der Waals surface area (Å²) in [6.45, 7) is 26.1. The lowest BCUT2D eigenvalue weighted by Crippen LogP contribution is -2.50. The number of ether oxygens (including phenoxy) is 1. The molecule has 0 aromatic heterocycles. The molecule has 5 aliphatic heterocycles. The van der Waals surface area contributed by atoms with E-state index in [4.69, 9.17) is 9.73 Å². The van der Waals surface area contributed by atoms with Crippen molar-refractivity contribution in [1.82, 2.24) is 20.4 Å². The maximum Gasteiger partial charge on any atom is 0.328 e. The number of allylic oxidation sites excluding steroid dienone is 5. The largest absolute Gasteiger partial charge is 0.494 e. The van der Waals surface area contributed by atoms with Gasteiger partial charge in [-0.1, -0.05) is 18.6 Å². The highest BCUT2D eigenvalue weighted by Gasteiger charge is 2.28. The highest BCUT2D eigenvalue weighted by atomic mass is 16.5. The number of amides is 3. The Bertz CT molecular complexity index is 2130. The van der Waals surface area contributed by atoms with Crippen molar-refractivity contribution in [3.63, 3.8) is 0 Å². The Morgan fingerprint density at radius 3 is 2.29 bits per heavy atom. The summed E-state index contributed by atoms with van der Waals surface area (Å²) in [4.78, 5) is 40.7. The topological polar surface area (TPSA) is 108 Å². The maximum atomic E-state index is 12.4. The molecule has 5 heterocycles. The molecule has 0 aliphatic carbocycles. The average Bonchev–Trinajstić information content (AvgIpc) is 3.27. The van der Waals surface area contributed by atoms with E-state index in [1.807, 2.05) is 19.9 Å². The van der Waals surface area contributed by atoms with Gasteiger partial charge in [-0.05, 0) is 144 Å². The molecule has 0 saturated carbocycles. The van der Waals surface area contributed by atoms with Gasteiger partial charge in [-0.25, -0.2) is 9.79 Å². The Kier molecular flexibility index (Phi) is 14.8. The Labute approximate surface area is 370 Å². The molecule has 332 valence electrons. The Morgan fingerprint density at radius 1 is 0.887 bits per heavy atom. The molecule has 4 saturated heterocycles. The minimum Gasteiger partial charge on any atom is -0.494 e. The molecule has 12 nitrogen and oxygen atoms in total. The SMILES string of the molecule is CC/C=C/C(=C(/C)C1=C(C)OCCN1)N1CC/C(=C/N=C(C)Nc2ccc(N3CCC(CN4CCN(c5ccc(N6CCC(=O)NC6=O)c(C)c5)CC4)CC3)cc2)C(=C(C)C)C1. The number of aryl methyl sites for hydroxylation is 1. The summed E-state index contributed by atoms with van der Waals surface area (Å²) in [7, 11) is 0. The minimum atomic E-state index is -0.334.